The summed E-state index contributed by atoms with van der Waals surface area (Å²) in [6.45, 7) is 4.99. The molecule has 2 heterocycles. The molecule has 2 fully saturated rings. The molecule has 1 atom stereocenters. The monoisotopic (exact) mass is 283 g/mol. The Kier molecular flexibility index (Phi) is 5.37. The molecule has 1 unspecified atom stereocenters. The van der Waals surface area contributed by atoms with E-state index in [0.717, 1.165) is 19.4 Å². The first-order chi connectivity index (χ1) is 9.56. The third-order valence-corrected chi connectivity index (χ3v) is 4.35. The van der Waals surface area contributed by atoms with Gasteiger partial charge in [0.25, 0.3) is 0 Å². The molecule has 6 heteroatoms. The lowest BCUT2D eigenvalue weighted by molar-refractivity contribution is -0.142. The van der Waals surface area contributed by atoms with Gasteiger partial charge in [-0.25, -0.2) is 0 Å². The summed E-state index contributed by atoms with van der Waals surface area (Å²) in [6.07, 6.45) is 4.33. The molecule has 0 radical (unpaired) electrons. The van der Waals surface area contributed by atoms with Crippen LogP contribution in [0.1, 0.15) is 32.1 Å². The maximum Gasteiger partial charge on any atom is 0.305 e. The van der Waals surface area contributed by atoms with Crippen LogP contribution in [0.15, 0.2) is 0 Å². The zero-order chi connectivity index (χ0) is 14.5. The number of carboxylic acids is 1. The number of aliphatic carboxylic acids is 1. The van der Waals surface area contributed by atoms with E-state index >= 15 is 0 Å². The maximum absolute atomic E-state index is 12.0. The Labute approximate surface area is 119 Å². The Morgan fingerprint density at radius 3 is 2.30 bits per heavy atom. The Hall–Kier alpha value is -1.14. The maximum atomic E-state index is 12.0. The van der Waals surface area contributed by atoms with Crippen LogP contribution in [-0.2, 0) is 9.59 Å². The van der Waals surface area contributed by atoms with Crippen molar-refractivity contribution in [2.24, 2.45) is 11.7 Å². The molecule has 0 aliphatic carbocycles. The van der Waals surface area contributed by atoms with E-state index in [2.05, 4.69) is 4.90 Å². The predicted octanol–water partition coefficient (Wildman–Crippen LogP) is 0.123. The number of piperidine rings is 1. The van der Waals surface area contributed by atoms with Gasteiger partial charge in [-0.05, 0) is 44.7 Å². The van der Waals surface area contributed by atoms with Gasteiger partial charge in [0.2, 0.25) is 5.91 Å². The van der Waals surface area contributed by atoms with Crippen LogP contribution in [0.4, 0.5) is 0 Å². The van der Waals surface area contributed by atoms with Crippen molar-refractivity contribution in [3.63, 3.8) is 0 Å². The van der Waals surface area contributed by atoms with E-state index in [1.54, 1.807) is 4.90 Å². The number of likely N-dealkylation sites (tertiary alicyclic amines) is 2. The topological polar surface area (TPSA) is 86.9 Å². The molecule has 2 aliphatic heterocycles. The summed E-state index contributed by atoms with van der Waals surface area (Å²) in [5.74, 6) is -0.574. The first-order valence-corrected chi connectivity index (χ1v) is 7.55. The molecule has 2 aliphatic rings. The summed E-state index contributed by atoms with van der Waals surface area (Å²) >= 11 is 0. The zero-order valence-corrected chi connectivity index (χ0v) is 12.0. The third-order valence-electron chi connectivity index (χ3n) is 4.35. The summed E-state index contributed by atoms with van der Waals surface area (Å²) in [6, 6.07) is -0.900. The lowest BCUT2D eigenvalue weighted by Gasteiger charge is -2.34. The van der Waals surface area contributed by atoms with Crippen LogP contribution >= 0.6 is 0 Å². The van der Waals surface area contributed by atoms with Crippen LogP contribution < -0.4 is 5.73 Å². The van der Waals surface area contributed by atoms with E-state index in [0.29, 0.717) is 19.0 Å². The lowest BCUT2D eigenvalue weighted by atomic mass is 9.95. The van der Waals surface area contributed by atoms with Crippen molar-refractivity contribution in [1.29, 1.82) is 0 Å². The molecule has 0 aromatic heterocycles. The second kappa shape index (κ2) is 7.04. The van der Waals surface area contributed by atoms with Crippen LogP contribution in [0.5, 0.6) is 0 Å². The first-order valence-electron chi connectivity index (χ1n) is 7.55. The molecule has 0 aromatic carbocycles. The van der Waals surface area contributed by atoms with Crippen LogP contribution in [0.2, 0.25) is 0 Å². The normalized spacial score (nSPS) is 22.9. The molecule has 2 rings (SSSR count). The molecule has 114 valence electrons. The van der Waals surface area contributed by atoms with Crippen LogP contribution in [0.3, 0.4) is 0 Å². The number of amides is 1. The van der Waals surface area contributed by atoms with Crippen molar-refractivity contribution in [3.05, 3.63) is 0 Å². The van der Waals surface area contributed by atoms with Crippen molar-refractivity contribution >= 4 is 11.9 Å². The van der Waals surface area contributed by atoms with Crippen molar-refractivity contribution < 1.29 is 14.7 Å². The van der Waals surface area contributed by atoms with Gasteiger partial charge in [-0.1, -0.05) is 0 Å². The van der Waals surface area contributed by atoms with Gasteiger partial charge in [0, 0.05) is 19.6 Å². The second-order valence-corrected chi connectivity index (χ2v) is 5.98. The Morgan fingerprint density at radius 1 is 1.15 bits per heavy atom. The fraction of sp³-hybridized carbons (Fsp3) is 0.857. The Balaban J connectivity index is 1.72. The highest BCUT2D eigenvalue weighted by atomic mass is 16.4. The summed E-state index contributed by atoms with van der Waals surface area (Å²) in [4.78, 5) is 26.8. The van der Waals surface area contributed by atoms with Gasteiger partial charge >= 0.3 is 5.97 Å². The smallest absolute Gasteiger partial charge is 0.305 e. The second-order valence-electron chi connectivity index (χ2n) is 5.98. The Morgan fingerprint density at radius 2 is 1.75 bits per heavy atom. The van der Waals surface area contributed by atoms with Gasteiger partial charge < -0.3 is 20.6 Å². The van der Waals surface area contributed by atoms with Crippen molar-refractivity contribution in [2.45, 2.75) is 38.1 Å². The van der Waals surface area contributed by atoms with Gasteiger partial charge in [0.05, 0.1) is 12.5 Å². The number of carbonyl (C=O) groups excluding carboxylic acids is 1. The average Bonchev–Trinajstić information content (AvgIpc) is 2.91. The zero-order valence-electron chi connectivity index (χ0n) is 12.0. The van der Waals surface area contributed by atoms with E-state index in [1.807, 2.05) is 0 Å². The lowest BCUT2D eigenvalue weighted by Crippen LogP contribution is -2.48. The molecule has 0 bridgehead atoms. The third kappa shape index (κ3) is 4.18. The number of nitrogens with two attached hydrogens (primary N) is 1. The fourth-order valence-electron chi connectivity index (χ4n) is 3.18. The number of hydrogen-bond acceptors (Lipinski definition) is 4. The quantitative estimate of drug-likeness (QED) is 0.748. The minimum absolute atomic E-state index is 0.216. The van der Waals surface area contributed by atoms with Crippen LogP contribution in [0.25, 0.3) is 0 Å². The van der Waals surface area contributed by atoms with Gasteiger partial charge in [-0.2, -0.15) is 0 Å². The van der Waals surface area contributed by atoms with Crippen LogP contribution in [-0.4, -0.2) is 65.5 Å². The van der Waals surface area contributed by atoms with Crippen LogP contribution in [0, 0.1) is 5.92 Å². The molecule has 0 aromatic rings. The highest BCUT2D eigenvalue weighted by molar-refractivity contribution is 5.86. The van der Waals surface area contributed by atoms with Gasteiger partial charge in [0.1, 0.15) is 0 Å². The van der Waals surface area contributed by atoms with Crippen molar-refractivity contribution in [2.75, 3.05) is 32.7 Å². The summed E-state index contributed by atoms with van der Waals surface area (Å²) in [5.41, 5.74) is 5.64. The summed E-state index contributed by atoms with van der Waals surface area (Å²) in [5, 5.41) is 8.68. The van der Waals surface area contributed by atoms with Gasteiger partial charge in [-0.15, -0.1) is 0 Å². The van der Waals surface area contributed by atoms with E-state index in [1.165, 1.54) is 25.9 Å². The predicted molar refractivity (Wildman–Crippen MR) is 75.2 cm³/mol. The molecule has 1 amide bonds. The molecular formula is C14H25N3O3. The van der Waals surface area contributed by atoms with E-state index < -0.39 is 12.0 Å². The van der Waals surface area contributed by atoms with Gasteiger partial charge in [0.15, 0.2) is 0 Å². The standard InChI is InChI=1S/C14H25N3O3/c15-12(9-13(18)19)14(20)17-7-3-11(4-8-17)10-16-5-1-2-6-16/h11-12H,1-10,15H2,(H,18,19). The highest BCUT2D eigenvalue weighted by Gasteiger charge is 2.28. The van der Waals surface area contributed by atoms with Gasteiger partial charge in [-0.3, -0.25) is 9.59 Å². The SMILES string of the molecule is NC(CC(=O)O)C(=O)N1CCC(CN2CCCC2)CC1. The average molecular weight is 283 g/mol. The molecular weight excluding hydrogens is 258 g/mol. The number of nitrogens with zero attached hydrogens (tertiary/aromatic N) is 2. The fourth-order valence-corrected chi connectivity index (χ4v) is 3.18. The van der Waals surface area contributed by atoms with E-state index in [-0.39, 0.29) is 12.3 Å². The molecule has 0 saturated carbocycles. The summed E-state index contributed by atoms with van der Waals surface area (Å²) < 4.78 is 0. The molecule has 6 nitrogen and oxygen atoms in total. The first kappa shape index (κ1) is 15.3. The number of rotatable bonds is 5. The number of carboxylic acid groups (broad SMARTS) is 1. The largest absolute Gasteiger partial charge is 0.481 e. The minimum Gasteiger partial charge on any atom is -0.481 e. The van der Waals surface area contributed by atoms with Crippen molar-refractivity contribution in [1.82, 2.24) is 9.80 Å². The molecule has 20 heavy (non-hydrogen) atoms. The minimum atomic E-state index is -1.02. The molecule has 0 spiro atoms. The number of carbonyl (C=O) groups is 2. The van der Waals surface area contributed by atoms with E-state index in [4.69, 9.17) is 10.8 Å². The Bertz CT molecular complexity index is 348. The summed E-state index contributed by atoms with van der Waals surface area (Å²) in [7, 11) is 0. The molecule has 3 N–H and O–H groups in total. The molecule has 2 saturated heterocycles. The van der Waals surface area contributed by atoms with Crippen molar-refractivity contribution in [3.8, 4) is 0 Å². The highest BCUT2D eigenvalue weighted by Crippen LogP contribution is 2.21. The van der Waals surface area contributed by atoms with E-state index in [9.17, 15) is 9.59 Å². The number of hydrogen-bond donors (Lipinski definition) is 2.